The number of nitrogens with zero attached hydrogens (tertiary/aromatic N) is 2. The summed E-state index contributed by atoms with van der Waals surface area (Å²) < 4.78 is 0. The molecule has 1 heterocycles. The van der Waals surface area contributed by atoms with Gasteiger partial charge in [-0.25, -0.2) is 4.98 Å². The number of hydrogen-bond acceptors (Lipinski definition) is 3. The highest BCUT2D eigenvalue weighted by atomic mass is 16.1. The number of hydrogen-bond donors (Lipinski definition) is 1. The standard InChI is InChI=1S/C12H15N3O/c1-9(2)5-6-14-12(16)11-4-3-10(7-13)8-15-11/h3-4,8-9H,5-6H2,1-2H3,(H,14,16). The molecular formula is C12H15N3O. The summed E-state index contributed by atoms with van der Waals surface area (Å²) in [5.41, 5.74) is 0.807. The summed E-state index contributed by atoms with van der Waals surface area (Å²) in [7, 11) is 0. The predicted octanol–water partition coefficient (Wildman–Crippen LogP) is 1.73. The number of nitriles is 1. The fourth-order valence-corrected chi connectivity index (χ4v) is 1.16. The molecule has 84 valence electrons. The van der Waals surface area contributed by atoms with Crippen molar-refractivity contribution < 1.29 is 4.79 Å². The van der Waals surface area contributed by atoms with E-state index in [1.165, 1.54) is 6.20 Å². The van der Waals surface area contributed by atoms with Gasteiger partial charge in [-0.05, 0) is 24.5 Å². The molecule has 0 aliphatic heterocycles. The maximum Gasteiger partial charge on any atom is 0.269 e. The first-order valence-electron chi connectivity index (χ1n) is 5.28. The van der Waals surface area contributed by atoms with E-state index in [1.54, 1.807) is 12.1 Å². The number of rotatable bonds is 4. The normalized spacial score (nSPS) is 9.88. The van der Waals surface area contributed by atoms with Crippen LogP contribution in [0.1, 0.15) is 36.3 Å². The molecule has 0 saturated heterocycles. The van der Waals surface area contributed by atoms with Crippen LogP contribution in [-0.2, 0) is 0 Å². The quantitative estimate of drug-likeness (QED) is 0.835. The van der Waals surface area contributed by atoms with Crippen molar-refractivity contribution >= 4 is 5.91 Å². The zero-order valence-corrected chi connectivity index (χ0v) is 9.53. The van der Waals surface area contributed by atoms with Crippen LogP contribution in [0.25, 0.3) is 0 Å². The zero-order valence-electron chi connectivity index (χ0n) is 9.53. The highest BCUT2D eigenvalue weighted by Gasteiger charge is 2.06. The third kappa shape index (κ3) is 3.70. The molecule has 1 aromatic heterocycles. The Labute approximate surface area is 95.3 Å². The molecule has 1 rings (SSSR count). The van der Waals surface area contributed by atoms with Crippen molar-refractivity contribution in [2.45, 2.75) is 20.3 Å². The first-order chi connectivity index (χ1) is 7.63. The lowest BCUT2D eigenvalue weighted by Gasteiger charge is -2.06. The van der Waals surface area contributed by atoms with Crippen LogP contribution in [-0.4, -0.2) is 17.4 Å². The van der Waals surface area contributed by atoms with E-state index in [0.717, 1.165) is 6.42 Å². The number of carbonyl (C=O) groups excluding carboxylic acids is 1. The molecule has 0 aliphatic rings. The Morgan fingerprint density at radius 2 is 2.31 bits per heavy atom. The summed E-state index contributed by atoms with van der Waals surface area (Å²) in [5.74, 6) is 0.374. The van der Waals surface area contributed by atoms with Crippen LogP contribution < -0.4 is 5.32 Å². The molecule has 4 heteroatoms. The van der Waals surface area contributed by atoms with Gasteiger partial charge in [0, 0.05) is 12.7 Å². The van der Waals surface area contributed by atoms with Gasteiger partial charge >= 0.3 is 0 Å². The van der Waals surface area contributed by atoms with Crippen LogP contribution in [0.4, 0.5) is 0 Å². The van der Waals surface area contributed by atoms with E-state index >= 15 is 0 Å². The lowest BCUT2D eigenvalue weighted by molar-refractivity contribution is 0.0947. The molecule has 0 bridgehead atoms. The lowest BCUT2D eigenvalue weighted by Crippen LogP contribution is -2.26. The van der Waals surface area contributed by atoms with Gasteiger partial charge in [-0.15, -0.1) is 0 Å². The van der Waals surface area contributed by atoms with Gasteiger partial charge in [0.05, 0.1) is 5.56 Å². The Bertz CT molecular complexity index is 390. The Hall–Kier alpha value is -1.89. The summed E-state index contributed by atoms with van der Waals surface area (Å²) in [6.45, 7) is 4.86. The van der Waals surface area contributed by atoms with E-state index in [1.807, 2.05) is 6.07 Å². The summed E-state index contributed by atoms with van der Waals surface area (Å²) in [6, 6.07) is 5.10. The first-order valence-corrected chi connectivity index (χ1v) is 5.28. The second-order valence-corrected chi connectivity index (χ2v) is 3.98. The molecule has 1 N–H and O–H groups in total. The zero-order chi connectivity index (χ0) is 12.0. The number of carbonyl (C=O) groups is 1. The molecule has 0 unspecified atom stereocenters. The van der Waals surface area contributed by atoms with Gasteiger partial charge in [-0.1, -0.05) is 13.8 Å². The summed E-state index contributed by atoms with van der Waals surface area (Å²) in [5, 5.41) is 11.4. The van der Waals surface area contributed by atoms with Crippen molar-refractivity contribution in [3.8, 4) is 6.07 Å². The van der Waals surface area contributed by atoms with Crippen molar-refractivity contribution in [1.82, 2.24) is 10.3 Å². The number of pyridine rings is 1. The third-order valence-electron chi connectivity index (χ3n) is 2.13. The molecule has 0 spiro atoms. The fraction of sp³-hybridized carbons (Fsp3) is 0.417. The highest BCUT2D eigenvalue weighted by molar-refractivity contribution is 5.92. The van der Waals surface area contributed by atoms with Gasteiger partial charge in [0.25, 0.3) is 5.91 Å². The monoisotopic (exact) mass is 217 g/mol. The minimum absolute atomic E-state index is 0.190. The first kappa shape index (κ1) is 12.2. The van der Waals surface area contributed by atoms with E-state index in [9.17, 15) is 4.79 Å². The van der Waals surface area contributed by atoms with Crippen LogP contribution in [0.2, 0.25) is 0 Å². The topological polar surface area (TPSA) is 65.8 Å². The SMILES string of the molecule is CC(C)CCNC(=O)c1ccc(C#N)cn1. The minimum Gasteiger partial charge on any atom is -0.351 e. The van der Waals surface area contributed by atoms with E-state index in [4.69, 9.17) is 5.26 Å². The summed E-state index contributed by atoms with van der Waals surface area (Å²) in [6.07, 6.45) is 2.35. The van der Waals surface area contributed by atoms with Crippen LogP contribution in [0.5, 0.6) is 0 Å². The molecule has 1 aromatic rings. The molecule has 4 nitrogen and oxygen atoms in total. The largest absolute Gasteiger partial charge is 0.351 e. The van der Waals surface area contributed by atoms with E-state index < -0.39 is 0 Å². The van der Waals surface area contributed by atoms with Gasteiger partial charge in [0.1, 0.15) is 11.8 Å². The van der Waals surface area contributed by atoms with Gasteiger partial charge in [0.15, 0.2) is 0 Å². The van der Waals surface area contributed by atoms with Crippen molar-refractivity contribution in [3.05, 3.63) is 29.6 Å². The average molecular weight is 217 g/mol. The second-order valence-electron chi connectivity index (χ2n) is 3.98. The maximum atomic E-state index is 11.6. The molecule has 0 atom stereocenters. The maximum absolute atomic E-state index is 11.6. The Morgan fingerprint density at radius 3 is 2.81 bits per heavy atom. The fourth-order valence-electron chi connectivity index (χ4n) is 1.16. The van der Waals surface area contributed by atoms with Crippen LogP contribution >= 0.6 is 0 Å². The van der Waals surface area contributed by atoms with Gasteiger partial charge < -0.3 is 5.32 Å². The Morgan fingerprint density at radius 1 is 1.56 bits per heavy atom. The summed E-state index contributed by atoms with van der Waals surface area (Å²) in [4.78, 5) is 15.5. The van der Waals surface area contributed by atoms with Crippen LogP contribution in [0, 0.1) is 17.2 Å². The number of nitrogens with one attached hydrogen (secondary N) is 1. The molecular weight excluding hydrogens is 202 g/mol. The average Bonchev–Trinajstić information content (AvgIpc) is 2.28. The van der Waals surface area contributed by atoms with Crippen molar-refractivity contribution in [3.63, 3.8) is 0 Å². The van der Waals surface area contributed by atoms with Crippen LogP contribution in [0.3, 0.4) is 0 Å². The highest BCUT2D eigenvalue weighted by Crippen LogP contribution is 2.00. The molecule has 0 saturated carbocycles. The van der Waals surface area contributed by atoms with Crippen LogP contribution in [0.15, 0.2) is 18.3 Å². The van der Waals surface area contributed by atoms with E-state index in [2.05, 4.69) is 24.1 Å². The Balaban J connectivity index is 2.50. The van der Waals surface area contributed by atoms with Crippen molar-refractivity contribution in [1.29, 1.82) is 5.26 Å². The molecule has 0 aromatic carbocycles. The molecule has 0 fully saturated rings. The van der Waals surface area contributed by atoms with Gasteiger partial charge in [0.2, 0.25) is 0 Å². The minimum atomic E-state index is -0.190. The Kier molecular flexibility index (Phi) is 4.46. The number of amides is 1. The van der Waals surface area contributed by atoms with Gasteiger partial charge in [-0.2, -0.15) is 5.26 Å². The number of aromatic nitrogens is 1. The lowest BCUT2D eigenvalue weighted by atomic mass is 10.1. The van der Waals surface area contributed by atoms with Gasteiger partial charge in [-0.3, -0.25) is 4.79 Å². The molecule has 16 heavy (non-hydrogen) atoms. The smallest absolute Gasteiger partial charge is 0.269 e. The van der Waals surface area contributed by atoms with Crippen molar-refractivity contribution in [2.24, 2.45) is 5.92 Å². The van der Waals surface area contributed by atoms with E-state index in [0.29, 0.717) is 23.7 Å². The molecule has 1 amide bonds. The molecule has 0 aliphatic carbocycles. The van der Waals surface area contributed by atoms with Crippen molar-refractivity contribution in [2.75, 3.05) is 6.54 Å². The summed E-state index contributed by atoms with van der Waals surface area (Å²) >= 11 is 0. The molecule has 0 radical (unpaired) electrons. The van der Waals surface area contributed by atoms with E-state index in [-0.39, 0.29) is 5.91 Å². The predicted molar refractivity (Wildman–Crippen MR) is 60.7 cm³/mol. The second kappa shape index (κ2) is 5.86. The third-order valence-corrected chi connectivity index (χ3v) is 2.13.